The largest absolute Gasteiger partial charge is 0.469 e. The predicted octanol–water partition coefficient (Wildman–Crippen LogP) is 4.11. The number of carbonyl (C=O) groups is 2. The van der Waals surface area contributed by atoms with Crippen molar-refractivity contribution < 1.29 is 29.3 Å². The van der Waals surface area contributed by atoms with Crippen LogP contribution < -0.4 is 0 Å². The van der Waals surface area contributed by atoms with E-state index in [1.165, 1.54) is 14.0 Å². The Kier molecular flexibility index (Phi) is 6.92. The van der Waals surface area contributed by atoms with E-state index >= 15 is 0 Å². The molecule has 0 saturated heterocycles. The molecule has 0 radical (unpaired) electrons. The van der Waals surface area contributed by atoms with Gasteiger partial charge in [0.05, 0.1) is 19.3 Å². The van der Waals surface area contributed by atoms with Crippen molar-refractivity contribution in [3.63, 3.8) is 0 Å². The Bertz CT molecular complexity index is 753. The molecule has 6 heteroatoms. The molecule has 188 valence electrons. The van der Waals surface area contributed by atoms with Crippen molar-refractivity contribution in [2.24, 2.45) is 46.3 Å². The Labute approximate surface area is 198 Å². The van der Waals surface area contributed by atoms with E-state index in [4.69, 9.17) is 9.47 Å². The van der Waals surface area contributed by atoms with E-state index in [2.05, 4.69) is 20.8 Å². The summed E-state index contributed by atoms with van der Waals surface area (Å²) in [7, 11) is 1.43. The summed E-state index contributed by atoms with van der Waals surface area (Å²) in [6, 6.07) is 0. The first-order valence-corrected chi connectivity index (χ1v) is 13.1. The molecule has 0 aromatic heterocycles. The van der Waals surface area contributed by atoms with Gasteiger partial charge in [0.25, 0.3) is 0 Å². The van der Waals surface area contributed by atoms with Crippen molar-refractivity contribution in [3.05, 3.63) is 0 Å². The van der Waals surface area contributed by atoms with Gasteiger partial charge >= 0.3 is 11.9 Å². The molecule has 33 heavy (non-hydrogen) atoms. The molecule has 11 atom stereocenters. The molecule has 0 amide bonds. The van der Waals surface area contributed by atoms with Crippen LogP contribution in [0.5, 0.6) is 0 Å². The number of hydrogen-bond donors (Lipinski definition) is 2. The Morgan fingerprint density at radius 1 is 1.06 bits per heavy atom. The van der Waals surface area contributed by atoms with E-state index in [0.29, 0.717) is 36.0 Å². The van der Waals surface area contributed by atoms with Gasteiger partial charge < -0.3 is 19.7 Å². The number of aliphatic hydroxyl groups excluding tert-OH is 2. The van der Waals surface area contributed by atoms with Crippen LogP contribution in [0.4, 0.5) is 0 Å². The lowest BCUT2D eigenvalue weighted by molar-refractivity contribution is -0.216. The zero-order valence-electron chi connectivity index (χ0n) is 21.1. The second-order valence-electron chi connectivity index (χ2n) is 12.2. The monoisotopic (exact) mass is 464 g/mol. The normalized spacial score (nSPS) is 47.6. The van der Waals surface area contributed by atoms with Crippen LogP contribution in [-0.4, -0.2) is 47.6 Å². The molecule has 2 N–H and O–H groups in total. The van der Waals surface area contributed by atoms with Gasteiger partial charge in [-0.2, -0.15) is 0 Å². The van der Waals surface area contributed by atoms with Crippen LogP contribution in [0.1, 0.15) is 85.5 Å². The minimum Gasteiger partial charge on any atom is -0.469 e. The number of carbonyl (C=O) groups excluding carboxylic acids is 2. The maximum Gasteiger partial charge on any atom is 0.305 e. The summed E-state index contributed by atoms with van der Waals surface area (Å²) in [5, 5.41) is 22.1. The highest BCUT2D eigenvalue weighted by molar-refractivity contribution is 5.69. The summed E-state index contributed by atoms with van der Waals surface area (Å²) >= 11 is 0. The number of ether oxygens (including phenoxy) is 2. The van der Waals surface area contributed by atoms with E-state index < -0.39 is 6.10 Å². The highest BCUT2D eigenvalue weighted by atomic mass is 16.5. The molecule has 6 nitrogen and oxygen atoms in total. The highest BCUT2D eigenvalue weighted by Crippen LogP contribution is 2.68. The van der Waals surface area contributed by atoms with Crippen LogP contribution in [-0.2, 0) is 19.1 Å². The Hall–Kier alpha value is -1.14. The van der Waals surface area contributed by atoms with Gasteiger partial charge in [-0.25, -0.2) is 0 Å². The van der Waals surface area contributed by atoms with E-state index in [9.17, 15) is 19.8 Å². The molecule has 0 aliphatic heterocycles. The summed E-state index contributed by atoms with van der Waals surface area (Å²) in [5.74, 6) is 1.40. The Morgan fingerprint density at radius 3 is 2.45 bits per heavy atom. The van der Waals surface area contributed by atoms with Crippen LogP contribution in [0, 0.1) is 46.3 Å². The van der Waals surface area contributed by atoms with E-state index in [0.717, 1.165) is 51.4 Å². The molecule has 4 aliphatic rings. The van der Waals surface area contributed by atoms with Crippen LogP contribution in [0.25, 0.3) is 0 Å². The summed E-state index contributed by atoms with van der Waals surface area (Å²) in [5.41, 5.74) is -0.177. The fourth-order valence-corrected chi connectivity index (χ4v) is 9.09. The average molecular weight is 465 g/mol. The van der Waals surface area contributed by atoms with Crippen molar-refractivity contribution in [2.45, 2.75) is 104 Å². The fourth-order valence-electron chi connectivity index (χ4n) is 9.09. The van der Waals surface area contributed by atoms with Crippen molar-refractivity contribution in [1.29, 1.82) is 0 Å². The average Bonchev–Trinajstić information content (AvgIpc) is 3.11. The zero-order chi connectivity index (χ0) is 24.1. The molecular weight excluding hydrogens is 420 g/mol. The molecule has 0 unspecified atom stereocenters. The van der Waals surface area contributed by atoms with Crippen LogP contribution in [0.3, 0.4) is 0 Å². The molecule has 0 heterocycles. The lowest BCUT2D eigenvalue weighted by Crippen LogP contribution is -2.62. The van der Waals surface area contributed by atoms with Gasteiger partial charge in [0.15, 0.2) is 0 Å². The van der Waals surface area contributed by atoms with E-state index in [1.54, 1.807) is 0 Å². The van der Waals surface area contributed by atoms with E-state index in [1.807, 2.05) is 0 Å². The summed E-state index contributed by atoms with van der Waals surface area (Å²) < 4.78 is 10.9. The molecule has 4 fully saturated rings. The van der Waals surface area contributed by atoms with Gasteiger partial charge in [-0.15, -0.1) is 0 Å². The number of methoxy groups -OCH3 is 1. The Balaban J connectivity index is 1.64. The molecule has 0 spiro atoms. The number of hydrogen-bond acceptors (Lipinski definition) is 6. The third-order valence-corrected chi connectivity index (χ3v) is 10.8. The molecule has 0 aromatic carbocycles. The maximum atomic E-state index is 12.1. The molecule has 0 bridgehead atoms. The SMILES string of the molecule is COC(=O)CC[C@@H](C)[C@@H]1CC[C@@H]2[C@@H]3[C@@H](C[C@@H](O)[C@@]21C)[C@@]1(C)CC[C@H](O)C[C@@H]1C[C@H]3OC(C)=O. The molecule has 0 aromatic rings. The Morgan fingerprint density at radius 2 is 1.79 bits per heavy atom. The highest BCUT2D eigenvalue weighted by Gasteiger charge is 2.66. The van der Waals surface area contributed by atoms with Gasteiger partial charge in [-0.3, -0.25) is 9.59 Å². The minimum atomic E-state index is -0.405. The smallest absolute Gasteiger partial charge is 0.305 e. The maximum absolute atomic E-state index is 12.1. The fraction of sp³-hybridized carbons (Fsp3) is 0.926. The summed E-state index contributed by atoms with van der Waals surface area (Å²) in [6.07, 6.45) is 6.54. The quantitative estimate of drug-likeness (QED) is 0.595. The van der Waals surface area contributed by atoms with Crippen molar-refractivity contribution in [2.75, 3.05) is 7.11 Å². The van der Waals surface area contributed by atoms with Gasteiger partial charge in [0, 0.05) is 19.3 Å². The molecule has 4 aliphatic carbocycles. The predicted molar refractivity (Wildman–Crippen MR) is 124 cm³/mol. The van der Waals surface area contributed by atoms with Gasteiger partial charge in [-0.1, -0.05) is 20.8 Å². The van der Waals surface area contributed by atoms with Crippen molar-refractivity contribution >= 4 is 11.9 Å². The lowest BCUT2D eigenvalue weighted by atomic mass is 9.43. The zero-order valence-corrected chi connectivity index (χ0v) is 21.1. The topological polar surface area (TPSA) is 93.1 Å². The first-order chi connectivity index (χ1) is 15.5. The van der Waals surface area contributed by atoms with E-state index in [-0.39, 0.29) is 40.9 Å². The third kappa shape index (κ3) is 4.13. The molecule has 4 rings (SSSR count). The number of esters is 2. The number of aliphatic hydroxyl groups is 2. The van der Waals surface area contributed by atoms with Gasteiger partial charge in [0.1, 0.15) is 6.10 Å². The standard InChI is InChI=1S/C27H44O6/c1-15(6-9-24(31)32-5)19-7-8-20-25-21(14-23(30)27(19,20)4)26(3)11-10-18(29)12-17(26)13-22(25)33-16(2)28/h15,17-23,25,29-30H,6-14H2,1-5H3/t15-,17-,18+,19+,20-,21-,22-,23-,25-,26+,27-/m1/s1. The van der Waals surface area contributed by atoms with Crippen molar-refractivity contribution in [3.8, 4) is 0 Å². The lowest BCUT2D eigenvalue weighted by Gasteiger charge is -2.63. The van der Waals surface area contributed by atoms with Crippen LogP contribution in [0.15, 0.2) is 0 Å². The van der Waals surface area contributed by atoms with Crippen LogP contribution >= 0.6 is 0 Å². The second-order valence-corrected chi connectivity index (χ2v) is 12.2. The first kappa shape index (κ1) is 25.0. The number of fused-ring (bicyclic) bond motifs is 5. The first-order valence-electron chi connectivity index (χ1n) is 13.1. The molecular formula is C27H44O6. The van der Waals surface area contributed by atoms with Crippen molar-refractivity contribution in [1.82, 2.24) is 0 Å². The third-order valence-electron chi connectivity index (χ3n) is 10.8. The second kappa shape index (κ2) is 9.14. The minimum absolute atomic E-state index is 0.0669. The van der Waals surface area contributed by atoms with Gasteiger partial charge in [0.2, 0.25) is 0 Å². The summed E-state index contributed by atoms with van der Waals surface area (Å²) in [6.45, 7) is 8.34. The van der Waals surface area contributed by atoms with Gasteiger partial charge in [-0.05, 0) is 91.8 Å². The van der Waals surface area contributed by atoms with Crippen LogP contribution in [0.2, 0.25) is 0 Å². The molecule has 4 saturated carbocycles. The summed E-state index contributed by atoms with van der Waals surface area (Å²) in [4.78, 5) is 23.9. The number of rotatable bonds is 5.